The monoisotopic (exact) mass is 248 g/mol. The van der Waals surface area contributed by atoms with Crippen molar-refractivity contribution < 1.29 is 9.53 Å². The highest BCUT2D eigenvalue weighted by molar-refractivity contribution is 5.95. The Morgan fingerprint density at radius 1 is 1.33 bits per heavy atom. The van der Waals surface area contributed by atoms with Crippen LogP contribution in [0.2, 0.25) is 0 Å². The summed E-state index contributed by atoms with van der Waals surface area (Å²) >= 11 is 0. The van der Waals surface area contributed by atoms with Crippen molar-refractivity contribution in [2.24, 2.45) is 0 Å². The van der Waals surface area contributed by atoms with Gasteiger partial charge in [0.1, 0.15) is 6.04 Å². The number of hydrogen-bond donors (Lipinski definition) is 2. The number of morpholine rings is 1. The SMILES string of the molecule is Cc1cc(C)cc(NC(=O)[C@H]2NCCO[C@@H]2C)c1. The van der Waals surface area contributed by atoms with Crippen LogP contribution in [0.1, 0.15) is 18.1 Å². The van der Waals surface area contributed by atoms with Gasteiger partial charge in [0.25, 0.3) is 0 Å². The molecule has 1 amide bonds. The number of benzene rings is 1. The lowest BCUT2D eigenvalue weighted by atomic mass is 10.1. The molecule has 0 bridgehead atoms. The van der Waals surface area contributed by atoms with Crippen LogP contribution in [0.5, 0.6) is 0 Å². The fourth-order valence-electron chi connectivity index (χ4n) is 2.29. The summed E-state index contributed by atoms with van der Waals surface area (Å²) in [5.41, 5.74) is 3.13. The summed E-state index contributed by atoms with van der Waals surface area (Å²) in [4.78, 5) is 12.1. The molecule has 1 saturated heterocycles. The Bertz CT molecular complexity index is 425. The molecule has 0 radical (unpaired) electrons. The van der Waals surface area contributed by atoms with Gasteiger partial charge in [0.05, 0.1) is 12.7 Å². The van der Waals surface area contributed by atoms with Crippen molar-refractivity contribution in [3.05, 3.63) is 29.3 Å². The Morgan fingerprint density at radius 3 is 2.61 bits per heavy atom. The van der Waals surface area contributed by atoms with Crippen LogP contribution in [0, 0.1) is 13.8 Å². The van der Waals surface area contributed by atoms with Crippen LogP contribution in [-0.4, -0.2) is 31.2 Å². The predicted octanol–water partition coefficient (Wildman–Crippen LogP) is 1.62. The van der Waals surface area contributed by atoms with Gasteiger partial charge in [-0.05, 0) is 44.0 Å². The highest BCUT2D eigenvalue weighted by Gasteiger charge is 2.28. The van der Waals surface area contributed by atoms with Crippen molar-refractivity contribution in [1.82, 2.24) is 5.32 Å². The molecular formula is C14H20N2O2. The smallest absolute Gasteiger partial charge is 0.244 e. The third-order valence-electron chi connectivity index (χ3n) is 3.09. The van der Waals surface area contributed by atoms with Crippen molar-refractivity contribution in [1.29, 1.82) is 0 Å². The van der Waals surface area contributed by atoms with Gasteiger partial charge in [-0.2, -0.15) is 0 Å². The second-order valence-corrected chi connectivity index (χ2v) is 4.87. The van der Waals surface area contributed by atoms with Gasteiger partial charge in [-0.1, -0.05) is 6.07 Å². The van der Waals surface area contributed by atoms with Crippen molar-refractivity contribution in [3.8, 4) is 0 Å². The van der Waals surface area contributed by atoms with E-state index in [1.54, 1.807) is 0 Å². The van der Waals surface area contributed by atoms with Gasteiger partial charge >= 0.3 is 0 Å². The zero-order chi connectivity index (χ0) is 13.1. The molecule has 0 spiro atoms. The highest BCUT2D eigenvalue weighted by atomic mass is 16.5. The summed E-state index contributed by atoms with van der Waals surface area (Å²) in [5, 5.41) is 6.12. The number of anilines is 1. The zero-order valence-electron chi connectivity index (χ0n) is 11.1. The molecule has 18 heavy (non-hydrogen) atoms. The molecule has 1 aromatic rings. The van der Waals surface area contributed by atoms with Crippen LogP contribution in [0.25, 0.3) is 0 Å². The maximum Gasteiger partial charge on any atom is 0.244 e. The Kier molecular flexibility index (Phi) is 3.99. The first kappa shape index (κ1) is 13.1. The average molecular weight is 248 g/mol. The lowest BCUT2D eigenvalue weighted by Gasteiger charge is -2.29. The molecule has 0 aliphatic carbocycles. The molecule has 98 valence electrons. The lowest BCUT2D eigenvalue weighted by molar-refractivity contribution is -0.123. The van der Waals surface area contributed by atoms with Crippen LogP contribution in [-0.2, 0) is 9.53 Å². The quantitative estimate of drug-likeness (QED) is 0.836. The molecule has 2 rings (SSSR count). The second-order valence-electron chi connectivity index (χ2n) is 4.87. The van der Waals surface area contributed by atoms with Crippen molar-refractivity contribution in [3.63, 3.8) is 0 Å². The van der Waals surface area contributed by atoms with E-state index in [2.05, 4.69) is 16.7 Å². The van der Waals surface area contributed by atoms with E-state index in [-0.39, 0.29) is 18.1 Å². The summed E-state index contributed by atoms with van der Waals surface area (Å²) in [6.07, 6.45) is -0.0929. The first-order valence-corrected chi connectivity index (χ1v) is 6.30. The van der Waals surface area contributed by atoms with E-state index in [9.17, 15) is 4.79 Å². The highest BCUT2D eigenvalue weighted by Crippen LogP contribution is 2.15. The summed E-state index contributed by atoms with van der Waals surface area (Å²) in [6.45, 7) is 7.34. The number of carbonyl (C=O) groups is 1. The number of carbonyl (C=O) groups excluding carboxylic acids is 1. The lowest BCUT2D eigenvalue weighted by Crippen LogP contribution is -2.53. The van der Waals surface area contributed by atoms with Crippen molar-refractivity contribution >= 4 is 11.6 Å². The molecular weight excluding hydrogens is 228 g/mol. The normalized spacial score (nSPS) is 23.7. The molecule has 1 fully saturated rings. The number of amides is 1. The van der Waals surface area contributed by atoms with Gasteiger partial charge < -0.3 is 15.4 Å². The molecule has 0 saturated carbocycles. The van der Waals surface area contributed by atoms with E-state index in [1.807, 2.05) is 32.9 Å². The molecule has 4 heteroatoms. The third kappa shape index (κ3) is 3.09. The third-order valence-corrected chi connectivity index (χ3v) is 3.09. The first-order valence-electron chi connectivity index (χ1n) is 6.30. The van der Waals surface area contributed by atoms with Gasteiger partial charge in [-0.15, -0.1) is 0 Å². The van der Waals surface area contributed by atoms with Crippen LogP contribution < -0.4 is 10.6 Å². The fraction of sp³-hybridized carbons (Fsp3) is 0.500. The predicted molar refractivity (Wildman–Crippen MR) is 71.8 cm³/mol. The standard InChI is InChI=1S/C14H20N2O2/c1-9-6-10(2)8-12(7-9)16-14(17)13-11(3)18-5-4-15-13/h6-8,11,13,15H,4-5H2,1-3H3,(H,16,17)/t11-,13+/m1/s1. The van der Waals surface area contributed by atoms with Crippen LogP contribution in [0.15, 0.2) is 18.2 Å². The number of nitrogens with one attached hydrogen (secondary N) is 2. The van der Waals surface area contributed by atoms with Gasteiger partial charge in [0, 0.05) is 12.2 Å². The first-order chi connectivity index (χ1) is 8.56. The minimum Gasteiger partial charge on any atom is -0.375 e. The van der Waals surface area contributed by atoms with Gasteiger partial charge in [0.2, 0.25) is 5.91 Å². The summed E-state index contributed by atoms with van der Waals surface area (Å²) < 4.78 is 5.47. The molecule has 2 atom stereocenters. The van der Waals surface area contributed by atoms with E-state index in [0.29, 0.717) is 6.61 Å². The molecule has 0 unspecified atom stereocenters. The van der Waals surface area contributed by atoms with E-state index in [0.717, 1.165) is 23.4 Å². The Morgan fingerprint density at radius 2 is 2.00 bits per heavy atom. The molecule has 2 N–H and O–H groups in total. The second kappa shape index (κ2) is 5.50. The van der Waals surface area contributed by atoms with Crippen molar-refractivity contribution in [2.45, 2.75) is 32.9 Å². The molecule has 1 heterocycles. The minimum absolute atomic E-state index is 0.0350. The average Bonchev–Trinajstić information content (AvgIpc) is 2.27. The van der Waals surface area contributed by atoms with E-state index in [1.165, 1.54) is 0 Å². The molecule has 0 aromatic heterocycles. The Hall–Kier alpha value is -1.39. The maximum atomic E-state index is 12.1. The number of ether oxygens (including phenoxy) is 1. The van der Waals surface area contributed by atoms with Crippen LogP contribution in [0.3, 0.4) is 0 Å². The summed E-state index contributed by atoms with van der Waals surface area (Å²) in [5.74, 6) is -0.0350. The largest absolute Gasteiger partial charge is 0.375 e. The topological polar surface area (TPSA) is 50.4 Å². The van der Waals surface area contributed by atoms with Gasteiger partial charge in [-0.3, -0.25) is 4.79 Å². The Labute approximate surface area is 108 Å². The number of rotatable bonds is 2. The van der Waals surface area contributed by atoms with Crippen LogP contribution in [0.4, 0.5) is 5.69 Å². The van der Waals surface area contributed by atoms with E-state index >= 15 is 0 Å². The van der Waals surface area contributed by atoms with E-state index in [4.69, 9.17) is 4.74 Å². The summed E-state index contributed by atoms with van der Waals surface area (Å²) in [7, 11) is 0. The van der Waals surface area contributed by atoms with Crippen LogP contribution >= 0.6 is 0 Å². The molecule has 4 nitrogen and oxygen atoms in total. The van der Waals surface area contributed by atoms with E-state index < -0.39 is 0 Å². The number of aryl methyl sites for hydroxylation is 2. The minimum atomic E-state index is -0.278. The number of hydrogen-bond acceptors (Lipinski definition) is 3. The molecule has 1 aliphatic heterocycles. The zero-order valence-corrected chi connectivity index (χ0v) is 11.1. The van der Waals surface area contributed by atoms with Crippen molar-refractivity contribution in [2.75, 3.05) is 18.5 Å². The van der Waals surface area contributed by atoms with Gasteiger partial charge in [-0.25, -0.2) is 0 Å². The Balaban J connectivity index is 2.06. The summed E-state index contributed by atoms with van der Waals surface area (Å²) in [6, 6.07) is 5.75. The maximum absolute atomic E-state index is 12.1. The van der Waals surface area contributed by atoms with Gasteiger partial charge in [0.15, 0.2) is 0 Å². The fourth-order valence-corrected chi connectivity index (χ4v) is 2.29. The molecule has 1 aromatic carbocycles. The molecule has 1 aliphatic rings.